The molecule has 2 aromatic rings. The van der Waals surface area contributed by atoms with E-state index in [2.05, 4.69) is 4.98 Å². The molecule has 0 amide bonds. The summed E-state index contributed by atoms with van der Waals surface area (Å²) in [5, 5.41) is 0. The second-order valence-corrected chi connectivity index (χ2v) is 3.65. The van der Waals surface area contributed by atoms with Gasteiger partial charge in [0.1, 0.15) is 5.69 Å². The quantitative estimate of drug-likeness (QED) is 0.671. The molecule has 0 aliphatic carbocycles. The lowest BCUT2D eigenvalue weighted by atomic mass is 10.00. The minimum atomic E-state index is -2.80. The largest absolute Gasteiger partial charge is 0.398 e. The molecule has 0 saturated carbocycles. The molecule has 0 aliphatic rings. The molecule has 0 saturated heterocycles. The Morgan fingerprint density at radius 3 is 2.56 bits per heavy atom. The molecule has 2 N–H and O–H groups in total. The number of aromatic nitrogens is 1. The Morgan fingerprint density at radius 2 is 1.94 bits per heavy atom. The maximum absolute atomic E-state index is 12.9. The van der Waals surface area contributed by atoms with Crippen LogP contribution < -0.4 is 5.73 Å². The Kier molecular flexibility index (Phi) is 3.32. The number of anilines is 1. The van der Waals surface area contributed by atoms with Crippen LogP contribution in [0.25, 0.3) is 0 Å². The predicted molar refractivity (Wildman–Crippen MR) is 63.5 cm³/mol. The molecule has 5 heteroatoms. The van der Waals surface area contributed by atoms with E-state index in [1.807, 2.05) is 0 Å². The number of pyridine rings is 1. The van der Waals surface area contributed by atoms with Crippen molar-refractivity contribution in [2.45, 2.75) is 6.43 Å². The monoisotopic (exact) mass is 248 g/mol. The van der Waals surface area contributed by atoms with E-state index < -0.39 is 17.8 Å². The number of carbonyl (C=O) groups excluding carboxylic acids is 1. The van der Waals surface area contributed by atoms with Gasteiger partial charge in [0.25, 0.3) is 6.43 Å². The zero-order valence-corrected chi connectivity index (χ0v) is 9.31. The molecule has 2 rings (SSSR count). The van der Waals surface area contributed by atoms with E-state index in [4.69, 9.17) is 5.73 Å². The highest BCUT2D eigenvalue weighted by Gasteiger charge is 2.22. The summed E-state index contributed by atoms with van der Waals surface area (Å²) in [6.07, 6.45) is -1.37. The zero-order valence-electron chi connectivity index (χ0n) is 9.31. The summed E-state index contributed by atoms with van der Waals surface area (Å²) in [7, 11) is 0. The highest BCUT2D eigenvalue weighted by atomic mass is 19.3. The number of hydrogen-bond acceptors (Lipinski definition) is 3. The minimum Gasteiger partial charge on any atom is -0.398 e. The van der Waals surface area contributed by atoms with Gasteiger partial charge in [-0.15, -0.1) is 0 Å². The van der Waals surface area contributed by atoms with Gasteiger partial charge >= 0.3 is 0 Å². The standard InChI is InChI=1S/C13H10F2N2O/c14-13(15)11-8(4-3-5-9(11)16)12(18)10-6-1-2-7-17-10/h1-7,13H,16H2. The lowest BCUT2D eigenvalue weighted by Gasteiger charge is -2.10. The van der Waals surface area contributed by atoms with Gasteiger partial charge < -0.3 is 5.73 Å². The molecule has 0 radical (unpaired) electrons. The number of nitrogens with zero attached hydrogens (tertiary/aromatic N) is 1. The molecule has 18 heavy (non-hydrogen) atoms. The maximum Gasteiger partial charge on any atom is 0.266 e. The van der Waals surface area contributed by atoms with Crippen molar-refractivity contribution in [1.82, 2.24) is 4.98 Å². The molecule has 0 atom stereocenters. The fraction of sp³-hybridized carbons (Fsp3) is 0.0769. The van der Waals surface area contributed by atoms with Crippen molar-refractivity contribution in [3.05, 3.63) is 59.4 Å². The second kappa shape index (κ2) is 4.91. The number of carbonyl (C=O) groups is 1. The lowest BCUT2D eigenvalue weighted by molar-refractivity contribution is 0.102. The van der Waals surface area contributed by atoms with E-state index in [1.165, 1.54) is 30.5 Å². The highest BCUT2D eigenvalue weighted by Crippen LogP contribution is 2.29. The molecular weight excluding hydrogens is 238 g/mol. The van der Waals surface area contributed by atoms with Crippen LogP contribution in [0.1, 0.15) is 28.0 Å². The average molecular weight is 248 g/mol. The van der Waals surface area contributed by atoms with Crippen LogP contribution >= 0.6 is 0 Å². The Labute approximate surface area is 102 Å². The molecule has 1 heterocycles. The zero-order chi connectivity index (χ0) is 13.1. The van der Waals surface area contributed by atoms with Crippen LogP contribution in [0, 0.1) is 0 Å². The third-order valence-electron chi connectivity index (χ3n) is 2.50. The summed E-state index contributed by atoms with van der Waals surface area (Å²) in [4.78, 5) is 15.9. The number of alkyl halides is 2. The van der Waals surface area contributed by atoms with Gasteiger partial charge in [-0.25, -0.2) is 8.78 Å². The second-order valence-electron chi connectivity index (χ2n) is 3.65. The van der Waals surface area contributed by atoms with Crippen LogP contribution in [0.3, 0.4) is 0 Å². The molecule has 0 fully saturated rings. The summed E-state index contributed by atoms with van der Waals surface area (Å²) < 4.78 is 25.8. The molecule has 0 unspecified atom stereocenters. The SMILES string of the molecule is Nc1cccc(C(=O)c2ccccn2)c1C(F)F. The van der Waals surface area contributed by atoms with Crippen molar-refractivity contribution >= 4 is 11.5 Å². The Hall–Kier alpha value is -2.30. The number of benzene rings is 1. The predicted octanol–water partition coefficient (Wildman–Crippen LogP) is 2.83. The van der Waals surface area contributed by atoms with Crippen LogP contribution in [0.5, 0.6) is 0 Å². The van der Waals surface area contributed by atoms with Crippen LogP contribution in [-0.4, -0.2) is 10.8 Å². The molecule has 0 aliphatic heterocycles. The van der Waals surface area contributed by atoms with Crippen LogP contribution in [-0.2, 0) is 0 Å². The first kappa shape index (κ1) is 12.2. The van der Waals surface area contributed by atoms with Crippen molar-refractivity contribution in [2.24, 2.45) is 0 Å². The molecule has 0 spiro atoms. The molecule has 1 aromatic carbocycles. The van der Waals surface area contributed by atoms with Crippen molar-refractivity contribution in [3.8, 4) is 0 Å². The first-order valence-electron chi connectivity index (χ1n) is 5.23. The van der Waals surface area contributed by atoms with E-state index in [0.29, 0.717) is 0 Å². The van der Waals surface area contributed by atoms with Gasteiger partial charge in [-0.1, -0.05) is 18.2 Å². The minimum absolute atomic E-state index is 0.0909. The summed E-state index contributed by atoms with van der Waals surface area (Å²) in [6.45, 7) is 0. The first-order chi connectivity index (χ1) is 8.61. The third-order valence-corrected chi connectivity index (χ3v) is 2.50. The number of ketones is 1. The Balaban J connectivity index is 2.52. The number of halogens is 2. The Morgan fingerprint density at radius 1 is 1.17 bits per heavy atom. The van der Waals surface area contributed by atoms with E-state index >= 15 is 0 Å². The van der Waals surface area contributed by atoms with Crippen molar-refractivity contribution in [3.63, 3.8) is 0 Å². The number of nitrogens with two attached hydrogens (primary N) is 1. The number of rotatable bonds is 3. The van der Waals surface area contributed by atoms with Gasteiger partial charge in [-0.2, -0.15) is 0 Å². The average Bonchev–Trinajstić information content (AvgIpc) is 2.38. The molecule has 0 bridgehead atoms. The normalized spacial score (nSPS) is 10.6. The van der Waals surface area contributed by atoms with Crippen molar-refractivity contribution in [2.75, 3.05) is 5.73 Å². The summed E-state index contributed by atoms with van der Waals surface area (Å²) in [5.41, 5.74) is 4.97. The lowest BCUT2D eigenvalue weighted by Crippen LogP contribution is -2.09. The van der Waals surface area contributed by atoms with Crippen LogP contribution in [0.2, 0.25) is 0 Å². The van der Waals surface area contributed by atoms with Gasteiger partial charge in [-0.3, -0.25) is 9.78 Å². The highest BCUT2D eigenvalue weighted by molar-refractivity contribution is 6.09. The summed E-state index contributed by atoms with van der Waals surface area (Å²) in [5.74, 6) is -0.557. The van der Waals surface area contributed by atoms with E-state index in [1.54, 1.807) is 12.1 Å². The van der Waals surface area contributed by atoms with Gasteiger partial charge in [0.05, 0.1) is 5.56 Å². The maximum atomic E-state index is 12.9. The molecule has 1 aromatic heterocycles. The molecule has 92 valence electrons. The third kappa shape index (κ3) is 2.20. The van der Waals surface area contributed by atoms with E-state index in [-0.39, 0.29) is 16.9 Å². The number of hydrogen-bond donors (Lipinski definition) is 1. The topological polar surface area (TPSA) is 56.0 Å². The molecular formula is C13H10F2N2O. The van der Waals surface area contributed by atoms with Crippen molar-refractivity contribution in [1.29, 1.82) is 0 Å². The van der Waals surface area contributed by atoms with Crippen LogP contribution in [0.15, 0.2) is 42.6 Å². The van der Waals surface area contributed by atoms with Gasteiger partial charge in [0.2, 0.25) is 5.78 Å². The number of nitrogen functional groups attached to an aromatic ring is 1. The fourth-order valence-electron chi connectivity index (χ4n) is 1.66. The summed E-state index contributed by atoms with van der Waals surface area (Å²) >= 11 is 0. The van der Waals surface area contributed by atoms with E-state index in [9.17, 15) is 13.6 Å². The first-order valence-corrected chi connectivity index (χ1v) is 5.23. The van der Waals surface area contributed by atoms with Gasteiger partial charge in [0, 0.05) is 17.4 Å². The molecule has 3 nitrogen and oxygen atoms in total. The Bertz CT molecular complexity index is 570. The smallest absolute Gasteiger partial charge is 0.266 e. The van der Waals surface area contributed by atoms with Gasteiger partial charge in [-0.05, 0) is 18.2 Å². The summed E-state index contributed by atoms with van der Waals surface area (Å²) in [6, 6.07) is 8.88. The fourth-order valence-corrected chi connectivity index (χ4v) is 1.66. The van der Waals surface area contributed by atoms with Crippen LogP contribution in [0.4, 0.5) is 14.5 Å². The van der Waals surface area contributed by atoms with Crippen molar-refractivity contribution < 1.29 is 13.6 Å². The van der Waals surface area contributed by atoms with E-state index in [0.717, 1.165) is 0 Å². The van der Waals surface area contributed by atoms with Gasteiger partial charge in [0.15, 0.2) is 0 Å².